The van der Waals surface area contributed by atoms with Gasteiger partial charge in [0.1, 0.15) is 0 Å². The molecule has 0 atom stereocenters. The van der Waals surface area contributed by atoms with Gasteiger partial charge >= 0.3 is 0 Å². The van der Waals surface area contributed by atoms with Gasteiger partial charge in [0.2, 0.25) is 0 Å². The maximum Gasteiger partial charge on any atom is 0.0948 e. The Balaban J connectivity index is 1.95. The molecule has 0 aliphatic heterocycles. The predicted molar refractivity (Wildman–Crippen MR) is 81.4 cm³/mol. The van der Waals surface area contributed by atoms with E-state index in [1.165, 1.54) is 22.2 Å². The number of nitrogens with two attached hydrogens (primary N) is 1. The first-order valence-corrected chi connectivity index (χ1v) is 7.08. The lowest BCUT2D eigenvalue weighted by Gasteiger charge is -2.09. The van der Waals surface area contributed by atoms with Crippen molar-refractivity contribution in [1.82, 2.24) is 14.1 Å². The van der Waals surface area contributed by atoms with Crippen LogP contribution in [0.15, 0.2) is 43.0 Å². The SMILES string of the molecule is CCCn1cncc1Cn1ccc2ccc(CN)cc21. The average Bonchev–Trinajstić information content (AvgIpc) is 3.07. The van der Waals surface area contributed by atoms with E-state index in [0.29, 0.717) is 6.54 Å². The van der Waals surface area contributed by atoms with Crippen molar-refractivity contribution in [3.05, 3.63) is 54.2 Å². The Hall–Kier alpha value is -2.07. The van der Waals surface area contributed by atoms with Crippen molar-refractivity contribution in [3.63, 3.8) is 0 Å². The van der Waals surface area contributed by atoms with Gasteiger partial charge in [0.15, 0.2) is 0 Å². The Morgan fingerprint density at radius 2 is 2.10 bits per heavy atom. The van der Waals surface area contributed by atoms with Crippen LogP contribution in [0.2, 0.25) is 0 Å². The highest BCUT2D eigenvalue weighted by Gasteiger charge is 2.06. The van der Waals surface area contributed by atoms with Crippen LogP contribution in [0.3, 0.4) is 0 Å². The van der Waals surface area contributed by atoms with Crippen molar-refractivity contribution >= 4 is 10.9 Å². The van der Waals surface area contributed by atoms with Crippen LogP contribution < -0.4 is 5.73 Å². The molecular formula is C16H20N4. The zero-order valence-electron chi connectivity index (χ0n) is 11.8. The standard InChI is InChI=1S/C16H20N4/c1-2-6-20-12-18-10-15(20)11-19-7-5-14-4-3-13(9-17)8-16(14)19/h3-5,7-8,10,12H,2,6,9,11,17H2,1H3. The molecule has 0 saturated heterocycles. The molecule has 0 fully saturated rings. The second-order valence-corrected chi connectivity index (χ2v) is 5.12. The fourth-order valence-corrected chi connectivity index (χ4v) is 2.59. The number of imidazole rings is 1. The summed E-state index contributed by atoms with van der Waals surface area (Å²) in [6.45, 7) is 4.62. The molecule has 20 heavy (non-hydrogen) atoms. The molecule has 2 aromatic heterocycles. The summed E-state index contributed by atoms with van der Waals surface area (Å²) < 4.78 is 4.48. The minimum absolute atomic E-state index is 0.578. The van der Waals surface area contributed by atoms with Crippen LogP contribution in [0.1, 0.15) is 24.6 Å². The van der Waals surface area contributed by atoms with Crippen LogP contribution in [0.25, 0.3) is 10.9 Å². The van der Waals surface area contributed by atoms with E-state index in [9.17, 15) is 0 Å². The lowest BCUT2D eigenvalue weighted by atomic mass is 10.1. The minimum atomic E-state index is 0.578. The largest absolute Gasteiger partial charge is 0.341 e. The highest BCUT2D eigenvalue weighted by Crippen LogP contribution is 2.19. The Kier molecular flexibility index (Phi) is 3.56. The summed E-state index contributed by atoms with van der Waals surface area (Å²) in [5.74, 6) is 0. The van der Waals surface area contributed by atoms with E-state index in [1.54, 1.807) is 0 Å². The van der Waals surface area contributed by atoms with Gasteiger partial charge in [0, 0.05) is 31.0 Å². The van der Waals surface area contributed by atoms with E-state index in [1.807, 2.05) is 12.5 Å². The number of hydrogen-bond donors (Lipinski definition) is 1. The molecule has 0 radical (unpaired) electrons. The van der Waals surface area contributed by atoms with Crippen LogP contribution in [0.4, 0.5) is 0 Å². The first kappa shape index (κ1) is 12.9. The number of benzene rings is 1. The van der Waals surface area contributed by atoms with Crippen LogP contribution in [-0.4, -0.2) is 14.1 Å². The van der Waals surface area contributed by atoms with Gasteiger partial charge in [-0.15, -0.1) is 0 Å². The molecule has 3 aromatic rings. The van der Waals surface area contributed by atoms with Gasteiger partial charge in [-0.3, -0.25) is 0 Å². The maximum atomic E-state index is 5.74. The summed E-state index contributed by atoms with van der Waals surface area (Å²) in [6.07, 6.45) is 7.12. The number of hydrogen-bond acceptors (Lipinski definition) is 2. The number of rotatable bonds is 5. The van der Waals surface area contributed by atoms with Crippen molar-refractivity contribution in [2.45, 2.75) is 33.0 Å². The van der Waals surface area contributed by atoms with Crippen molar-refractivity contribution in [1.29, 1.82) is 0 Å². The van der Waals surface area contributed by atoms with Crippen molar-refractivity contribution in [2.24, 2.45) is 5.73 Å². The summed E-state index contributed by atoms with van der Waals surface area (Å²) >= 11 is 0. The van der Waals surface area contributed by atoms with E-state index in [2.05, 4.69) is 51.5 Å². The third-order valence-electron chi connectivity index (χ3n) is 3.67. The highest BCUT2D eigenvalue weighted by molar-refractivity contribution is 5.80. The number of fused-ring (bicyclic) bond motifs is 1. The Morgan fingerprint density at radius 1 is 1.20 bits per heavy atom. The van der Waals surface area contributed by atoms with E-state index >= 15 is 0 Å². The summed E-state index contributed by atoms with van der Waals surface area (Å²) in [5.41, 5.74) is 9.37. The monoisotopic (exact) mass is 268 g/mol. The molecule has 0 spiro atoms. The van der Waals surface area contributed by atoms with Gasteiger partial charge in [0.05, 0.1) is 18.6 Å². The molecule has 2 N–H and O–H groups in total. The van der Waals surface area contributed by atoms with Crippen LogP contribution in [0.5, 0.6) is 0 Å². The summed E-state index contributed by atoms with van der Waals surface area (Å²) in [4.78, 5) is 4.26. The molecule has 0 saturated carbocycles. The summed E-state index contributed by atoms with van der Waals surface area (Å²) in [7, 11) is 0. The van der Waals surface area contributed by atoms with E-state index in [4.69, 9.17) is 5.73 Å². The van der Waals surface area contributed by atoms with E-state index in [0.717, 1.165) is 19.5 Å². The smallest absolute Gasteiger partial charge is 0.0948 e. The minimum Gasteiger partial charge on any atom is -0.341 e. The topological polar surface area (TPSA) is 48.8 Å². The molecular weight excluding hydrogens is 248 g/mol. The van der Waals surface area contributed by atoms with Gasteiger partial charge in [0.25, 0.3) is 0 Å². The second kappa shape index (κ2) is 5.51. The molecule has 1 aromatic carbocycles. The highest BCUT2D eigenvalue weighted by atomic mass is 15.1. The lowest BCUT2D eigenvalue weighted by Crippen LogP contribution is -2.06. The van der Waals surface area contributed by atoms with E-state index < -0.39 is 0 Å². The fraction of sp³-hybridized carbons (Fsp3) is 0.312. The van der Waals surface area contributed by atoms with Gasteiger partial charge < -0.3 is 14.9 Å². The molecule has 0 amide bonds. The molecule has 0 unspecified atom stereocenters. The Bertz CT molecular complexity index is 708. The number of aryl methyl sites for hydroxylation is 1. The lowest BCUT2D eigenvalue weighted by molar-refractivity contribution is 0.629. The average molecular weight is 268 g/mol. The van der Waals surface area contributed by atoms with Crippen molar-refractivity contribution in [2.75, 3.05) is 0 Å². The Labute approximate surface area is 118 Å². The summed E-state index contributed by atoms with van der Waals surface area (Å²) in [6, 6.07) is 8.55. The van der Waals surface area contributed by atoms with Crippen LogP contribution >= 0.6 is 0 Å². The summed E-state index contributed by atoms with van der Waals surface area (Å²) in [5, 5.41) is 1.25. The number of aromatic nitrogens is 3. The molecule has 104 valence electrons. The molecule has 3 rings (SSSR count). The van der Waals surface area contributed by atoms with Crippen LogP contribution in [-0.2, 0) is 19.6 Å². The zero-order chi connectivity index (χ0) is 13.9. The maximum absolute atomic E-state index is 5.74. The second-order valence-electron chi connectivity index (χ2n) is 5.12. The van der Waals surface area contributed by atoms with Gasteiger partial charge in [-0.2, -0.15) is 0 Å². The molecule has 2 heterocycles. The van der Waals surface area contributed by atoms with Gasteiger partial charge in [-0.25, -0.2) is 4.98 Å². The van der Waals surface area contributed by atoms with Crippen LogP contribution in [0, 0.1) is 0 Å². The van der Waals surface area contributed by atoms with Gasteiger partial charge in [-0.05, 0) is 29.5 Å². The quantitative estimate of drug-likeness (QED) is 0.773. The first-order chi connectivity index (χ1) is 9.81. The van der Waals surface area contributed by atoms with Gasteiger partial charge in [-0.1, -0.05) is 19.1 Å². The third kappa shape index (κ3) is 2.34. The van der Waals surface area contributed by atoms with E-state index in [-0.39, 0.29) is 0 Å². The normalized spacial score (nSPS) is 11.3. The molecule has 0 aliphatic carbocycles. The zero-order valence-corrected chi connectivity index (χ0v) is 11.8. The number of nitrogens with zero attached hydrogens (tertiary/aromatic N) is 3. The fourth-order valence-electron chi connectivity index (χ4n) is 2.59. The third-order valence-corrected chi connectivity index (χ3v) is 3.67. The van der Waals surface area contributed by atoms with Crippen molar-refractivity contribution in [3.8, 4) is 0 Å². The first-order valence-electron chi connectivity index (χ1n) is 7.08. The molecule has 4 nitrogen and oxygen atoms in total. The molecule has 4 heteroatoms. The Morgan fingerprint density at radius 3 is 2.90 bits per heavy atom. The molecule has 0 bridgehead atoms. The predicted octanol–water partition coefficient (Wildman–Crippen LogP) is 2.75. The molecule has 0 aliphatic rings. The van der Waals surface area contributed by atoms with Crippen molar-refractivity contribution < 1.29 is 0 Å².